The van der Waals surface area contributed by atoms with Crippen LogP contribution in [0.4, 0.5) is 5.69 Å². The van der Waals surface area contributed by atoms with Crippen molar-refractivity contribution in [1.82, 2.24) is 9.88 Å². The Morgan fingerprint density at radius 1 is 1.27 bits per heavy atom. The molecule has 2 N–H and O–H groups in total. The van der Waals surface area contributed by atoms with Crippen LogP contribution in [0.2, 0.25) is 5.02 Å². The number of nitrogens with zero attached hydrogens (tertiary/aromatic N) is 2. The summed E-state index contributed by atoms with van der Waals surface area (Å²) in [5.41, 5.74) is 1.58. The lowest BCUT2D eigenvalue weighted by atomic mass is 9.89. The first-order valence-electron chi connectivity index (χ1n) is 8.85. The number of ether oxygens (including phenoxy) is 1. The monoisotopic (exact) mass is 371 g/mol. The lowest BCUT2D eigenvalue weighted by Gasteiger charge is -2.40. The summed E-state index contributed by atoms with van der Waals surface area (Å²) >= 11 is 6.11. The van der Waals surface area contributed by atoms with Crippen LogP contribution in [0.3, 0.4) is 0 Å². The average Bonchev–Trinajstić information content (AvgIpc) is 2.65. The molecule has 1 aliphatic carbocycles. The summed E-state index contributed by atoms with van der Waals surface area (Å²) in [4.78, 5) is 6.83. The molecule has 5 nitrogen and oxygen atoms in total. The lowest BCUT2D eigenvalue weighted by Crippen LogP contribution is -2.51. The van der Waals surface area contributed by atoms with E-state index in [0.29, 0.717) is 17.2 Å². The van der Waals surface area contributed by atoms with Gasteiger partial charge in [0.1, 0.15) is 5.76 Å². The van der Waals surface area contributed by atoms with E-state index in [2.05, 4.69) is 21.3 Å². The Bertz CT molecular complexity index is 861. The number of nitrogens with one attached hydrogen (secondary N) is 1. The van der Waals surface area contributed by atoms with Crippen molar-refractivity contribution in [3.63, 3.8) is 0 Å². The molecular formula is C20H22ClN3O2. The van der Waals surface area contributed by atoms with Crippen LogP contribution in [-0.4, -0.2) is 53.4 Å². The van der Waals surface area contributed by atoms with E-state index in [1.807, 2.05) is 30.3 Å². The van der Waals surface area contributed by atoms with Crippen LogP contribution < -0.4 is 5.32 Å². The van der Waals surface area contributed by atoms with Gasteiger partial charge in [0.15, 0.2) is 0 Å². The molecule has 2 heterocycles. The molecule has 26 heavy (non-hydrogen) atoms. The van der Waals surface area contributed by atoms with Crippen LogP contribution in [0, 0.1) is 0 Å². The van der Waals surface area contributed by atoms with E-state index in [9.17, 15) is 5.11 Å². The second-order valence-corrected chi connectivity index (χ2v) is 7.29. The Labute approximate surface area is 157 Å². The number of pyridine rings is 1. The number of aliphatic hydroxyl groups excluding tert-OH is 1. The van der Waals surface area contributed by atoms with Gasteiger partial charge in [-0.15, -0.1) is 0 Å². The maximum absolute atomic E-state index is 9.80. The third-order valence-electron chi connectivity index (χ3n) is 4.95. The van der Waals surface area contributed by atoms with E-state index in [4.69, 9.17) is 16.3 Å². The average molecular weight is 372 g/mol. The van der Waals surface area contributed by atoms with Gasteiger partial charge in [0.2, 0.25) is 0 Å². The number of aromatic nitrogens is 1. The second-order valence-electron chi connectivity index (χ2n) is 6.86. The number of allylic oxidation sites excluding steroid dienone is 1. The van der Waals surface area contributed by atoms with Crippen LogP contribution >= 0.6 is 11.6 Å². The first-order valence-corrected chi connectivity index (χ1v) is 9.22. The van der Waals surface area contributed by atoms with Crippen LogP contribution in [0.5, 0.6) is 0 Å². The minimum atomic E-state index is -0.294. The highest BCUT2D eigenvalue weighted by Crippen LogP contribution is 2.31. The van der Waals surface area contributed by atoms with E-state index < -0.39 is 0 Å². The Kier molecular flexibility index (Phi) is 4.85. The zero-order valence-electron chi connectivity index (χ0n) is 14.5. The van der Waals surface area contributed by atoms with E-state index in [1.165, 1.54) is 0 Å². The predicted molar refractivity (Wildman–Crippen MR) is 105 cm³/mol. The van der Waals surface area contributed by atoms with Gasteiger partial charge in [-0.25, -0.2) is 0 Å². The largest absolute Gasteiger partial charge is 0.508 e. The van der Waals surface area contributed by atoms with Gasteiger partial charge in [0, 0.05) is 41.9 Å². The molecule has 2 aromatic rings. The molecule has 1 aromatic heterocycles. The number of morpholine rings is 1. The van der Waals surface area contributed by atoms with Gasteiger partial charge in [-0.2, -0.15) is 0 Å². The summed E-state index contributed by atoms with van der Waals surface area (Å²) in [5.74, 6) is 0.316. The molecule has 1 fully saturated rings. The number of aliphatic hydroxyl groups is 1. The van der Waals surface area contributed by atoms with Crippen molar-refractivity contribution in [3.05, 3.63) is 59.5 Å². The summed E-state index contributed by atoms with van der Waals surface area (Å²) in [7, 11) is 0. The Morgan fingerprint density at radius 2 is 2.12 bits per heavy atom. The Morgan fingerprint density at radius 3 is 2.88 bits per heavy atom. The van der Waals surface area contributed by atoms with Crippen molar-refractivity contribution < 1.29 is 9.84 Å². The van der Waals surface area contributed by atoms with Gasteiger partial charge in [-0.3, -0.25) is 9.88 Å². The van der Waals surface area contributed by atoms with Crippen LogP contribution in [0.15, 0.2) is 54.4 Å². The lowest BCUT2D eigenvalue weighted by molar-refractivity contribution is 0.0323. The van der Waals surface area contributed by atoms with E-state index in [-0.39, 0.29) is 5.54 Å². The molecule has 0 saturated carbocycles. The molecule has 2 aliphatic rings. The zero-order chi connectivity index (χ0) is 18.0. The van der Waals surface area contributed by atoms with Crippen LogP contribution in [0.25, 0.3) is 10.9 Å². The highest BCUT2D eigenvalue weighted by atomic mass is 35.5. The molecule has 1 atom stereocenters. The molecule has 0 amide bonds. The molecule has 4 rings (SSSR count). The van der Waals surface area contributed by atoms with E-state index in [0.717, 1.165) is 49.4 Å². The minimum Gasteiger partial charge on any atom is -0.508 e. The number of rotatable bonds is 4. The second kappa shape index (κ2) is 7.27. The summed E-state index contributed by atoms with van der Waals surface area (Å²) < 4.78 is 5.47. The van der Waals surface area contributed by atoms with Crippen LogP contribution in [-0.2, 0) is 4.74 Å². The molecule has 0 radical (unpaired) electrons. The number of benzene rings is 1. The molecule has 1 saturated heterocycles. The molecule has 1 aliphatic heterocycles. The Balaban J connectivity index is 1.66. The summed E-state index contributed by atoms with van der Waals surface area (Å²) in [6, 6.07) is 7.74. The van der Waals surface area contributed by atoms with Crippen molar-refractivity contribution in [3.8, 4) is 0 Å². The van der Waals surface area contributed by atoms with E-state index in [1.54, 1.807) is 12.3 Å². The zero-order valence-corrected chi connectivity index (χ0v) is 15.2. The SMILES string of the molecule is OC1=CCC(CN2CCOCC2)(Nc2ccnc3cc(Cl)ccc23)C=C1. The van der Waals surface area contributed by atoms with Gasteiger partial charge < -0.3 is 15.2 Å². The normalized spacial score (nSPS) is 23.8. The van der Waals surface area contributed by atoms with Crippen molar-refractivity contribution in [2.24, 2.45) is 0 Å². The molecule has 6 heteroatoms. The molecule has 0 spiro atoms. The molecule has 0 bridgehead atoms. The van der Waals surface area contributed by atoms with Crippen LogP contribution in [0.1, 0.15) is 6.42 Å². The maximum Gasteiger partial charge on any atom is 0.111 e. The number of halogens is 1. The van der Waals surface area contributed by atoms with Crippen molar-refractivity contribution >= 4 is 28.2 Å². The summed E-state index contributed by atoms with van der Waals surface area (Å²) in [5, 5.41) is 15.2. The smallest absolute Gasteiger partial charge is 0.111 e. The van der Waals surface area contributed by atoms with Gasteiger partial charge in [0.05, 0.1) is 24.3 Å². The fraction of sp³-hybridized carbons (Fsp3) is 0.350. The van der Waals surface area contributed by atoms with Gasteiger partial charge in [-0.05, 0) is 42.8 Å². The fourth-order valence-corrected chi connectivity index (χ4v) is 3.74. The number of hydrogen-bond acceptors (Lipinski definition) is 5. The first-order chi connectivity index (χ1) is 12.6. The number of fused-ring (bicyclic) bond motifs is 1. The maximum atomic E-state index is 9.80. The highest BCUT2D eigenvalue weighted by Gasteiger charge is 2.32. The van der Waals surface area contributed by atoms with Gasteiger partial charge in [-0.1, -0.05) is 17.7 Å². The summed E-state index contributed by atoms with van der Waals surface area (Å²) in [6.07, 6.45) is 8.22. The third-order valence-corrected chi connectivity index (χ3v) is 5.18. The predicted octanol–water partition coefficient (Wildman–Crippen LogP) is 3.77. The fourth-order valence-electron chi connectivity index (χ4n) is 3.57. The quantitative estimate of drug-likeness (QED) is 0.856. The molecule has 1 aromatic carbocycles. The minimum absolute atomic E-state index is 0.294. The van der Waals surface area contributed by atoms with Gasteiger partial charge in [0.25, 0.3) is 0 Å². The van der Waals surface area contributed by atoms with Crippen molar-refractivity contribution in [2.75, 3.05) is 38.2 Å². The third kappa shape index (κ3) is 3.70. The standard InChI is InChI=1S/C20H22ClN3O2/c21-15-1-2-17-18(5-8-22-19(17)13-15)23-20(6-3-16(25)4-7-20)14-24-9-11-26-12-10-24/h1-6,8,13,25H,7,9-12,14H2,(H,22,23). The number of anilines is 1. The topological polar surface area (TPSA) is 57.6 Å². The molecular weight excluding hydrogens is 350 g/mol. The highest BCUT2D eigenvalue weighted by molar-refractivity contribution is 6.31. The van der Waals surface area contributed by atoms with E-state index >= 15 is 0 Å². The van der Waals surface area contributed by atoms with Gasteiger partial charge >= 0.3 is 0 Å². The Hall–Kier alpha value is -2.08. The summed E-state index contributed by atoms with van der Waals surface area (Å²) in [6.45, 7) is 4.20. The molecule has 1 unspecified atom stereocenters. The van der Waals surface area contributed by atoms with Crippen molar-refractivity contribution in [2.45, 2.75) is 12.0 Å². The number of hydrogen-bond donors (Lipinski definition) is 2. The molecule has 136 valence electrons. The first kappa shape index (κ1) is 17.3. The van der Waals surface area contributed by atoms with Crippen molar-refractivity contribution in [1.29, 1.82) is 0 Å².